The first-order chi connectivity index (χ1) is 10.5. The first kappa shape index (κ1) is 17.8. The van der Waals surface area contributed by atoms with E-state index in [0.717, 1.165) is 30.6 Å². The number of rotatable bonds is 9. The topological polar surface area (TPSA) is 59.3 Å². The first-order valence-corrected chi connectivity index (χ1v) is 7.48. The van der Waals surface area contributed by atoms with Gasteiger partial charge in [0.05, 0.1) is 25.2 Å². The van der Waals surface area contributed by atoms with Crippen LogP contribution in [0.2, 0.25) is 0 Å². The number of nitriles is 1. The van der Waals surface area contributed by atoms with Gasteiger partial charge in [-0.05, 0) is 50.8 Å². The first-order valence-electron chi connectivity index (χ1n) is 7.48. The zero-order valence-corrected chi connectivity index (χ0v) is 13.3. The number of carbonyl (C=O) groups excluding carboxylic acids is 1. The van der Waals surface area contributed by atoms with E-state index in [4.69, 9.17) is 14.7 Å². The lowest BCUT2D eigenvalue weighted by Gasteiger charge is -2.13. The van der Waals surface area contributed by atoms with E-state index in [1.807, 2.05) is 31.2 Å². The maximum Gasteiger partial charge on any atom is 0.333 e. The maximum atomic E-state index is 11.3. The molecule has 0 amide bonds. The second-order valence-electron chi connectivity index (χ2n) is 5.32. The quantitative estimate of drug-likeness (QED) is 0.395. The van der Waals surface area contributed by atoms with Gasteiger partial charge in [0.1, 0.15) is 5.75 Å². The largest absolute Gasteiger partial charge is 0.494 e. The summed E-state index contributed by atoms with van der Waals surface area (Å²) in [5, 5.41) is 8.60. The summed E-state index contributed by atoms with van der Waals surface area (Å²) < 4.78 is 10.8. The number of nitrogens with zero attached hydrogens (tertiary/aromatic N) is 1. The van der Waals surface area contributed by atoms with E-state index in [0.29, 0.717) is 18.6 Å². The van der Waals surface area contributed by atoms with Crippen molar-refractivity contribution in [2.45, 2.75) is 45.6 Å². The molecule has 0 unspecified atom stereocenters. The fourth-order valence-corrected chi connectivity index (χ4v) is 1.86. The molecule has 0 aliphatic carbocycles. The Morgan fingerprint density at radius 3 is 2.59 bits per heavy atom. The van der Waals surface area contributed by atoms with Crippen molar-refractivity contribution in [3.05, 3.63) is 42.0 Å². The molecule has 0 radical (unpaired) electrons. The van der Waals surface area contributed by atoms with Gasteiger partial charge in [0.2, 0.25) is 0 Å². The Morgan fingerprint density at radius 2 is 2.00 bits per heavy atom. The molecule has 0 heterocycles. The summed E-state index contributed by atoms with van der Waals surface area (Å²) in [7, 11) is 0. The molecule has 1 atom stereocenters. The predicted molar refractivity (Wildman–Crippen MR) is 85.5 cm³/mol. The Bertz CT molecular complexity index is 528. The molecule has 118 valence electrons. The van der Waals surface area contributed by atoms with Gasteiger partial charge in [-0.25, -0.2) is 4.79 Å². The molecule has 0 aliphatic heterocycles. The Balaban J connectivity index is 2.16. The fourth-order valence-electron chi connectivity index (χ4n) is 1.86. The van der Waals surface area contributed by atoms with Crippen molar-refractivity contribution >= 4 is 5.97 Å². The van der Waals surface area contributed by atoms with Crippen molar-refractivity contribution < 1.29 is 14.3 Å². The lowest BCUT2D eigenvalue weighted by atomic mass is 10.1. The molecule has 1 rings (SSSR count). The van der Waals surface area contributed by atoms with Gasteiger partial charge in [0, 0.05) is 5.57 Å². The molecular weight excluding hydrogens is 278 g/mol. The normalized spacial score (nSPS) is 11.3. The van der Waals surface area contributed by atoms with E-state index in [9.17, 15) is 4.79 Å². The fraction of sp³-hybridized carbons (Fsp3) is 0.444. The molecule has 0 spiro atoms. The van der Waals surface area contributed by atoms with Crippen molar-refractivity contribution in [3.8, 4) is 11.8 Å². The third-order valence-electron chi connectivity index (χ3n) is 3.14. The van der Waals surface area contributed by atoms with Crippen molar-refractivity contribution in [3.63, 3.8) is 0 Å². The summed E-state index contributed by atoms with van der Waals surface area (Å²) in [5.74, 6) is 0.477. The molecular formula is C18H23NO3. The van der Waals surface area contributed by atoms with E-state index in [-0.39, 0.29) is 12.1 Å². The SMILES string of the molecule is C=C(C)C(=O)O[C@H](C)CCCCOc1ccc(CC#N)cc1. The second kappa shape index (κ2) is 9.62. The number of ether oxygens (including phenoxy) is 2. The van der Waals surface area contributed by atoms with Crippen LogP contribution in [0.15, 0.2) is 36.4 Å². The number of unbranched alkanes of at least 4 members (excludes halogenated alkanes) is 1. The number of esters is 1. The van der Waals surface area contributed by atoms with Gasteiger partial charge < -0.3 is 9.47 Å². The van der Waals surface area contributed by atoms with Gasteiger partial charge >= 0.3 is 5.97 Å². The number of carbonyl (C=O) groups is 1. The number of benzene rings is 1. The summed E-state index contributed by atoms with van der Waals surface area (Å²) in [6, 6.07) is 9.67. The Morgan fingerprint density at radius 1 is 1.32 bits per heavy atom. The van der Waals surface area contributed by atoms with Crippen LogP contribution in [-0.4, -0.2) is 18.7 Å². The van der Waals surface area contributed by atoms with Crippen LogP contribution in [0.5, 0.6) is 5.75 Å². The van der Waals surface area contributed by atoms with Gasteiger partial charge in [0.25, 0.3) is 0 Å². The van der Waals surface area contributed by atoms with Crippen LogP contribution in [0.1, 0.15) is 38.7 Å². The van der Waals surface area contributed by atoms with Crippen molar-refractivity contribution in [1.82, 2.24) is 0 Å². The van der Waals surface area contributed by atoms with Crippen LogP contribution in [0.4, 0.5) is 0 Å². The molecule has 0 fully saturated rings. The van der Waals surface area contributed by atoms with E-state index in [2.05, 4.69) is 12.6 Å². The minimum Gasteiger partial charge on any atom is -0.494 e. The number of hydrogen-bond acceptors (Lipinski definition) is 4. The van der Waals surface area contributed by atoms with Crippen LogP contribution >= 0.6 is 0 Å². The zero-order valence-electron chi connectivity index (χ0n) is 13.3. The highest BCUT2D eigenvalue weighted by atomic mass is 16.5. The van der Waals surface area contributed by atoms with Crippen LogP contribution in [0.25, 0.3) is 0 Å². The van der Waals surface area contributed by atoms with Crippen molar-refractivity contribution in [1.29, 1.82) is 5.26 Å². The van der Waals surface area contributed by atoms with E-state index in [1.165, 1.54) is 0 Å². The standard InChI is InChI=1S/C18H23NO3/c1-14(2)18(20)22-15(3)6-4-5-13-21-17-9-7-16(8-10-17)11-12-19/h7-10,15H,1,4-6,11,13H2,2-3H3/t15-/m1/s1. The smallest absolute Gasteiger partial charge is 0.333 e. The van der Waals surface area contributed by atoms with Crippen molar-refractivity contribution in [2.75, 3.05) is 6.61 Å². The Labute approximate surface area is 132 Å². The maximum absolute atomic E-state index is 11.3. The molecule has 1 aromatic carbocycles. The lowest BCUT2D eigenvalue weighted by Crippen LogP contribution is -2.15. The molecule has 22 heavy (non-hydrogen) atoms. The van der Waals surface area contributed by atoms with Gasteiger partial charge in [-0.2, -0.15) is 5.26 Å². The molecule has 0 saturated carbocycles. The second-order valence-corrected chi connectivity index (χ2v) is 5.32. The van der Waals surface area contributed by atoms with Gasteiger partial charge in [-0.15, -0.1) is 0 Å². The monoisotopic (exact) mass is 301 g/mol. The van der Waals surface area contributed by atoms with Gasteiger partial charge in [-0.1, -0.05) is 18.7 Å². The Kier molecular flexibility index (Phi) is 7.77. The van der Waals surface area contributed by atoms with Crippen LogP contribution in [-0.2, 0) is 16.0 Å². The van der Waals surface area contributed by atoms with E-state index in [1.54, 1.807) is 6.92 Å². The minimum absolute atomic E-state index is 0.102. The molecule has 0 N–H and O–H groups in total. The molecule has 1 aromatic rings. The summed E-state index contributed by atoms with van der Waals surface area (Å²) in [6.07, 6.45) is 2.95. The average molecular weight is 301 g/mol. The molecule has 4 nitrogen and oxygen atoms in total. The van der Waals surface area contributed by atoms with Crippen LogP contribution < -0.4 is 4.74 Å². The summed E-state index contributed by atoms with van der Waals surface area (Å²) >= 11 is 0. The summed E-state index contributed by atoms with van der Waals surface area (Å²) in [4.78, 5) is 11.3. The molecule has 0 bridgehead atoms. The van der Waals surface area contributed by atoms with Gasteiger partial charge in [0.15, 0.2) is 0 Å². The average Bonchev–Trinajstić information content (AvgIpc) is 2.48. The summed E-state index contributed by atoms with van der Waals surface area (Å²) in [5.41, 5.74) is 1.41. The van der Waals surface area contributed by atoms with Crippen LogP contribution in [0, 0.1) is 11.3 Å². The molecule has 4 heteroatoms. The highest BCUT2D eigenvalue weighted by molar-refractivity contribution is 5.87. The predicted octanol–water partition coefficient (Wildman–Crippen LogP) is 3.81. The molecule has 0 saturated heterocycles. The lowest BCUT2D eigenvalue weighted by molar-refractivity contribution is -0.143. The zero-order chi connectivity index (χ0) is 16.4. The summed E-state index contributed by atoms with van der Waals surface area (Å²) in [6.45, 7) is 7.71. The third-order valence-corrected chi connectivity index (χ3v) is 3.14. The molecule has 0 aromatic heterocycles. The van der Waals surface area contributed by atoms with E-state index >= 15 is 0 Å². The highest BCUT2D eigenvalue weighted by Gasteiger charge is 2.09. The highest BCUT2D eigenvalue weighted by Crippen LogP contribution is 2.13. The van der Waals surface area contributed by atoms with Gasteiger partial charge in [-0.3, -0.25) is 0 Å². The number of hydrogen-bond donors (Lipinski definition) is 0. The molecule has 0 aliphatic rings. The minimum atomic E-state index is -0.332. The van der Waals surface area contributed by atoms with Crippen LogP contribution in [0.3, 0.4) is 0 Å². The van der Waals surface area contributed by atoms with E-state index < -0.39 is 0 Å². The third kappa shape index (κ3) is 6.94. The Hall–Kier alpha value is -2.28. The van der Waals surface area contributed by atoms with Crippen molar-refractivity contribution in [2.24, 2.45) is 0 Å².